The van der Waals surface area contributed by atoms with E-state index in [-0.39, 0.29) is 5.91 Å². The predicted octanol–water partition coefficient (Wildman–Crippen LogP) is 3.56. The molecule has 0 spiro atoms. The van der Waals surface area contributed by atoms with E-state index in [4.69, 9.17) is 16.3 Å². The van der Waals surface area contributed by atoms with Crippen LogP contribution in [0.1, 0.15) is 39.0 Å². The van der Waals surface area contributed by atoms with Gasteiger partial charge in [0.2, 0.25) is 0 Å². The Morgan fingerprint density at radius 1 is 1.47 bits per heavy atom. The highest BCUT2D eigenvalue weighted by atomic mass is 35.5. The zero-order valence-corrected chi connectivity index (χ0v) is 12.0. The Balaban J connectivity index is 1.93. The molecule has 2 rings (SSSR count). The van der Waals surface area contributed by atoms with Gasteiger partial charge in [0, 0.05) is 11.1 Å². The van der Waals surface area contributed by atoms with Crippen molar-refractivity contribution in [3.05, 3.63) is 29.3 Å². The normalized spacial score (nSPS) is 17.2. The highest BCUT2D eigenvalue weighted by Gasteiger charge is 2.23. The standard InChI is InChI=1S/C15H20ClNO2/c1-2-14(15(18)17-12-7-3-4-8-12)19-13-9-5-6-11(16)10-13/h5-6,9-10,12,14H,2-4,7-8H2,1H3,(H,17,18)/t14-/m1/s1. The number of amides is 1. The number of nitrogens with one attached hydrogen (secondary N) is 1. The number of halogens is 1. The number of ether oxygens (including phenoxy) is 1. The average molecular weight is 282 g/mol. The first-order valence-electron chi connectivity index (χ1n) is 6.91. The summed E-state index contributed by atoms with van der Waals surface area (Å²) in [5.41, 5.74) is 0. The van der Waals surface area contributed by atoms with Crippen molar-refractivity contribution in [3.63, 3.8) is 0 Å². The first-order valence-corrected chi connectivity index (χ1v) is 7.29. The lowest BCUT2D eigenvalue weighted by atomic mass is 10.2. The molecular weight excluding hydrogens is 262 g/mol. The van der Waals surface area contributed by atoms with Crippen LogP contribution in [0.2, 0.25) is 5.02 Å². The van der Waals surface area contributed by atoms with Crippen LogP contribution < -0.4 is 10.1 Å². The molecule has 0 aliphatic heterocycles. The van der Waals surface area contributed by atoms with Gasteiger partial charge in [0.15, 0.2) is 6.10 Å². The van der Waals surface area contributed by atoms with E-state index in [9.17, 15) is 4.79 Å². The minimum absolute atomic E-state index is 0.0191. The Morgan fingerprint density at radius 2 is 2.21 bits per heavy atom. The van der Waals surface area contributed by atoms with Gasteiger partial charge in [-0.3, -0.25) is 4.79 Å². The molecule has 1 fully saturated rings. The molecule has 3 nitrogen and oxygen atoms in total. The lowest BCUT2D eigenvalue weighted by Gasteiger charge is -2.20. The maximum Gasteiger partial charge on any atom is 0.261 e. The van der Waals surface area contributed by atoms with Gasteiger partial charge in [0.25, 0.3) is 5.91 Å². The first-order chi connectivity index (χ1) is 9.19. The number of hydrogen-bond donors (Lipinski definition) is 1. The second-order valence-electron chi connectivity index (χ2n) is 4.96. The molecule has 0 unspecified atom stereocenters. The summed E-state index contributed by atoms with van der Waals surface area (Å²) in [7, 11) is 0. The molecule has 104 valence electrons. The van der Waals surface area contributed by atoms with Gasteiger partial charge in [-0.1, -0.05) is 37.4 Å². The predicted molar refractivity (Wildman–Crippen MR) is 76.6 cm³/mol. The van der Waals surface area contributed by atoms with E-state index in [1.165, 1.54) is 12.8 Å². The van der Waals surface area contributed by atoms with Gasteiger partial charge in [0.05, 0.1) is 0 Å². The molecule has 0 radical (unpaired) electrons. The van der Waals surface area contributed by atoms with E-state index in [1.807, 2.05) is 19.1 Å². The largest absolute Gasteiger partial charge is 0.481 e. The van der Waals surface area contributed by atoms with Gasteiger partial charge in [0.1, 0.15) is 5.75 Å². The first kappa shape index (κ1) is 14.2. The maximum atomic E-state index is 12.2. The van der Waals surface area contributed by atoms with Crippen molar-refractivity contribution in [1.82, 2.24) is 5.32 Å². The number of rotatable bonds is 5. The van der Waals surface area contributed by atoms with Crippen LogP contribution in [0.5, 0.6) is 5.75 Å². The van der Waals surface area contributed by atoms with Gasteiger partial charge < -0.3 is 10.1 Å². The molecule has 1 aliphatic carbocycles. The maximum absolute atomic E-state index is 12.2. The Labute approximate surface area is 119 Å². The summed E-state index contributed by atoms with van der Waals surface area (Å²) in [6, 6.07) is 7.47. The monoisotopic (exact) mass is 281 g/mol. The molecule has 4 heteroatoms. The molecule has 0 saturated heterocycles. The summed E-state index contributed by atoms with van der Waals surface area (Å²) >= 11 is 5.91. The molecule has 1 saturated carbocycles. The number of benzene rings is 1. The molecule has 0 bridgehead atoms. The molecular formula is C15H20ClNO2. The molecule has 0 aromatic heterocycles. The van der Waals surface area contributed by atoms with Crippen LogP contribution in [-0.4, -0.2) is 18.1 Å². The van der Waals surface area contributed by atoms with Gasteiger partial charge in [-0.15, -0.1) is 0 Å². The lowest BCUT2D eigenvalue weighted by Crippen LogP contribution is -2.42. The smallest absolute Gasteiger partial charge is 0.261 e. The van der Waals surface area contributed by atoms with Crippen molar-refractivity contribution >= 4 is 17.5 Å². The van der Waals surface area contributed by atoms with Gasteiger partial charge >= 0.3 is 0 Å². The summed E-state index contributed by atoms with van der Waals surface area (Å²) in [4.78, 5) is 12.2. The van der Waals surface area contributed by atoms with Crippen molar-refractivity contribution in [2.24, 2.45) is 0 Å². The van der Waals surface area contributed by atoms with Gasteiger partial charge in [-0.25, -0.2) is 0 Å². The minimum Gasteiger partial charge on any atom is -0.481 e. The van der Waals surface area contributed by atoms with Crippen molar-refractivity contribution < 1.29 is 9.53 Å². The molecule has 19 heavy (non-hydrogen) atoms. The zero-order valence-electron chi connectivity index (χ0n) is 11.2. The summed E-state index contributed by atoms with van der Waals surface area (Å²) in [5.74, 6) is 0.621. The molecule has 0 heterocycles. The minimum atomic E-state index is -0.445. The van der Waals surface area contributed by atoms with Crippen LogP contribution in [0, 0.1) is 0 Å². The van der Waals surface area contributed by atoms with Crippen LogP contribution >= 0.6 is 11.6 Å². The highest BCUT2D eigenvalue weighted by molar-refractivity contribution is 6.30. The Morgan fingerprint density at radius 3 is 2.84 bits per heavy atom. The van der Waals surface area contributed by atoms with Gasteiger partial charge in [-0.2, -0.15) is 0 Å². The number of carbonyl (C=O) groups excluding carboxylic acids is 1. The molecule has 1 N–H and O–H groups in total. The summed E-state index contributed by atoms with van der Waals surface area (Å²) in [6.07, 6.45) is 4.77. The second-order valence-corrected chi connectivity index (χ2v) is 5.40. The molecule has 1 aromatic rings. The lowest BCUT2D eigenvalue weighted by molar-refractivity contribution is -0.128. The van der Waals surface area contributed by atoms with Crippen LogP contribution in [0.4, 0.5) is 0 Å². The van der Waals surface area contributed by atoms with Crippen molar-refractivity contribution in [1.29, 1.82) is 0 Å². The second kappa shape index (κ2) is 6.80. The Bertz CT molecular complexity index is 430. The van der Waals surface area contributed by atoms with Crippen LogP contribution in [0.3, 0.4) is 0 Å². The SMILES string of the molecule is CC[C@@H](Oc1cccc(Cl)c1)C(=O)NC1CCCC1. The third-order valence-corrected chi connectivity index (χ3v) is 3.67. The molecule has 1 amide bonds. The van der Waals surface area contributed by atoms with E-state index >= 15 is 0 Å². The zero-order chi connectivity index (χ0) is 13.7. The summed E-state index contributed by atoms with van der Waals surface area (Å²) in [5, 5.41) is 3.68. The van der Waals surface area contributed by atoms with E-state index in [0.717, 1.165) is 12.8 Å². The fourth-order valence-corrected chi connectivity index (χ4v) is 2.57. The topological polar surface area (TPSA) is 38.3 Å². The van der Waals surface area contributed by atoms with Crippen molar-refractivity contribution in [3.8, 4) is 5.75 Å². The van der Waals surface area contributed by atoms with E-state index in [0.29, 0.717) is 23.2 Å². The summed E-state index contributed by atoms with van der Waals surface area (Å²) < 4.78 is 5.72. The van der Waals surface area contributed by atoms with Crippen LogP contribution in [-0.2, 0) is 4.79 Å². The Hall–Kier alpha value is -1.22. The molecule has 1 aromatic carbocycles. The van der Waals surface area contributed by atoms with Crippen molar-refractivity contribution in [2.45, 2.75) is 51.2 Å². The third kappa shape index (κ3) is 4.13. The Kier molecular flexibility index (Phi) is 5.08. The van der Waals surface area contributed by atoms with Crippen LogP contribution in [0.15, 0.2) is 24.3 Å². The van der Waals surface area contributed by atoms with Crippen LogP contribution in [0.25, 0.3) is 0 Å². The van der Waals surface area contributed by atoms with Gasteiger partial charge in [-0.05, 0) is 37.5 Å². The summed E-state index contributed by atoms with van der Waals surface area (Å²) in [6.45, 7) is 1.95. The molecule has 1 aliphatic rings. The molecule has 1 atom stereocenters. The number of hydrogen-bond acceptors (Lipinski definition) is 2. The average Bonchev–Trinajstić information content (AvgIpc) is 2.88. The van der Waals surface area contributed by atoms with Crippen molar-refractivity contribution in [2.75, 3.05) is 0 Å². The fourth-order valence-electron chi connectivity index (χ4n) is 2.39. The van der Waals surface area contributed by atoms with E-state index in [2.05, 4.69) is 5.32 Å². The van der Waals surface area contributed by atoms with E-state index in [1.54, 1.807) is 12.1 Å². The number of carbonyl (C=O) groups is 1. The third-order valence-electron chi connectivity index (χ3n) is 3.44. The van der Waals surface area contributed by atoms with E-state index < -0.39 is 6.10 Å². The highest BCUT2D eigenvalue weighted by Crippen LogP contribution is 2.20. The quantitative estimate of drug-likeness (QED) is 0.896. The fraction of sp³-hybridized carbons (Fsp3) is 0.533.